The molecule has 2 N–H and O–H groups in total. The molecule has 1 saturated heterocycles. The van der Waals surface area contributed by atoms with Gasteiger partial charge in [0.2, 0.25) is 5.91 Å². The lowest BCUT2D eigenvalue weighted by atomic mass is 10.2. The minimum absolute atomic E-state index is 0.0626. The van der Waals surface area contributed by atoms with Gasteiger partial charge in [0.25, 0.3) is 10.0 Å². The number of benzene rings is 2. The van der Waals surface area contributed by atoms with E-state index in [1.54, 1.807) is 36.4 Å². The number of nitrogens with one attached hydrogen (secondary N) is 2. The number of para-hydroxylation sites is 1. The zero-order chi connectivity index (χ0) is 22.6. The van der Waals surface area contributed by atoms with E-state index in [1.165, 1.54) is 17.4 Å². The van der Waals surface area contributed by atoms with Crippen molar-refractivity contribution in [2.24, 2.45) is 0 Å². The summed E-state index contributed by atoms with van der Waals surface area (Å²) >= 11 is 7.68. The van der Waals surface area contributed by atoms with E-state index in [1.807, 2.05) is 21.7 Å². The quantitative estimate of drug-likeness (QED) is 0.516. The van der Waals surface area contributed by atoms with Crippen molar-refractivity contribution < 1.29 is 17.9 Å². The first-order valence-corrected chi connectivity index (χ1v) is 12.8. The van der Waals surface area contributed by atoms with Crippen molar-refractivity contribution in [2.45, 2.75) is 11.3 Å². The Morgan fingerprint density at radius 3 is 2.62 bits per heavy atom. The Labute approximate surface area is 196 Å². The third-order valence-corrected chi connectivity index (χ3v) is 7.40. The van der Waals surface area contributed by atoms with E-state index < -0.39 is 10.0 Å². The molecule has 1 amide bonds. The van der Waals surface area contributed by atoms with Crippen LogP contribution in [0.5, 0.6) is 0 Å². The first-order chi connectivity index (χ1) is 15.4. The maximum Gasteiger partial charge on any atom is 0.264 e. The molecule has 2 aromatic carbocycles. The summed E-state index contributed by atoms with van der Waals surface area (Å²) in [6, 6.07) is 13.4. The number of ether oxygens (including phenoxy) is 1. The Hall–Kier alpha value is -2.59. The fraction of sp³-hybridized carbons (Fsp3) is 0.227. The Kier molecular flexibility index (Phi) is 7.00. The van der Waals surface area contributed by atoms with Crippen LogP contribution in [0.4, 0.5) is 17.1 Å². The average Bonchev–Trinajstić information content (AvgIpc) is 3.29. The molecule has 0 saturated carbocycles. The summed E-state index contributed by atoms with van der Waals surface area (Å²) in [5, 5.41) is 6.91. The zero-order valence-electron chi connectivity index (χ0n) is 17.1. The molecule has 0 aliphatic carbocycles. The molecule has 1 fully saturated rings. The molecule has 0 atom stereocenters. The number of sulfonamides is 1. The van der Waals surface area contributed by atoms with Crippen LogP contribution in [0.1, 0.15) is 5.56 Å². The topological polar surface area (TPSA) is 87.7 Å². The summed E-state index contributed by atoms with van der Waals surface area (Å²) in [7, 11) is -3.99. The van der Waals surface area contributed by atoms with Crippen molar-refractivity contribution in [3.05, 3.63) is 69.9 Å². The highest BCUT2D eigenvalue weighted by atomic mass is 35.5. The van der Waals surface area contributed by atoms with Crippen LogP contribution in [-0.2, 0) is 26.0 Å². The molecule has 0 bridgehead atoms. The number of amides is 1. The lowest BCUT2D eigenvalue weighted by molar-refractivity contribution is -0.115. The van der Waals surface area contributed by atoms with Crippen molar-refractivity contribution >= 4 is 55.9 Å². The molecule has 168 valence electrons. The van der Waals surface area contributed by atoms with Crippen molar-refractivity contribution in [3.63, 3.8) is 0 Å². The van der Waals surface area contributed by atoms with Gasteiger partial charge >= 0.3 is 0 Å². The number of nitrogens with zero attached hydrogens (tertiary/aromatic N) is 1. The molecule has 0 radical (unpaired) electrons. The number of thiophene rings is 1. The molecule has 0 spiro atoms. The molecule has 3 aromatic rings. The molecule has 1 aromatic heterocycles. The summed E-state index contributed by atoms with van der Waals surface area (Å²) in [5.41, 5.74) is 2.14. The number of carbonyl (C=O) groups excluding carboxylic acids is 1. The summed E-state index contributed by atoms with van der Waals surface area (Å²) in [6.07, 6.45) is 0.217. The molecule has 1 aliphatic heterocycles. The van der Waals surface area contributed by atoms with Crippen LogP contribution >= 0.6 is 22.9 Å². The fourth-order valence-corrected chi connectivity index (χ4v) is 5.64. The van der Waals surface area contributed by atoms with E-state index in [-0.39, 0.29) is 22.9 Å². The molecule has 10 heteroatoms. The number of hydrogen-bond donors (Lipinski definition) is 2. The lowest BCUT2D eigenvalue weighted by Crippen LogP contribution is -2.37. The van der Waals surface area contributed by atoms with E-state index in [4.69, 9.17) is 16.3 Å². The maximum atomic E-state index is 13.4. The van der Waals surface area contributed by atoms with Crippen LogP contribution in [0, 0.1) is 0 Å². The molecule has 2 heterocycles. The van der Waals surface area contributed by atoms with Gasteiger partial charge in [-0.25, -0.2) is 8.42 Å². The number of anilines is 3. The van der Waals surface area contributed by atoms with Crippen molar-refractivity contribution in [1.82, 2.24) is 0 Å². The summed E-state index contributed by atoms with van der Waals surface area (Å²) < 4.78 is 34.7. The Morgan fingerprint density at radius 2 is 1.91 bits per heavy atom. The lowest BCUT2D eigenvalue weighted by Gasteiger charge is -2.30. The van der Waals surface area contributed by atoms with E-state index in [0.29, 0.717) is 42.7 Å². The Balaban J connectivity index is 1.65. The number of carbonyl (C=O) groups is 1. The second-order valence-electron chi connectivity index (χ2n) is 7.22. The second-order valence-corrected chi connectivity index (χ2v) is 10.1. The minimum atomic E-state index is -3.99. The molecule has 1 aliphatic rings. The fourth-order valence-electron chi connectivity index (χ4n) is 3.40. The third-order valence-electron chi connectivity index (χ3n) is 4.95. The largest absolute Gasteiger partial charge is 0.378 e. The molecule has 0 unspecified atom stereocenters. The number of hydrogen-bond acceptors (Lipinski definition) is 6. The molecular weight excluding hydrogens is 470 g/mol. The van der Waals surface area contributed by atoms with Gasteiger partial charge in [-0.2, -0.15) is 11.3 Å². The number of morpholine rings is 1. The second kappa shape index (κ2) is 9.91. The highest BCUT2D eigenvalue weighted by Crippen LogP contribution is 2.32. The molecular formula is C22H22ClN3O4S2. The van der Waals surface area contributed by atoms with Gasteiger partial charge < -0.3 is 15.0 Å². The van der Waals surface area contributed by atoms with Gasteiger partial charge in [0.15, 0.2) is 0 Å². The van der Waals surface area contributed by atoms with Crippen LogP contribution < -0.4 is 14.9 Å². The smallest absolute Gasteiger partial charge is 0.264 e. The van der Waals surface area contributed by atoms with Crippen LogP contribution in [-0.4, -0.2) is 40.6 Å². The predicted octanol–water partition coefficient (Wildman–Crippen LogP) is 4.22. The van der Waals surface area contributed by atoms with E-state index in [2.05, 4.69) is 10.0 Å². The summed E-state index contributed by atoms with van der Waals surface area (Å²) in [6.45, 7) is 2.16. The normalized spacial score (nSPS) is 14.2. The summed E-state index contributed by atoms with van der Waals surface area (Å²) in [4.78, 5) is 14.5. The highest BCUT2D eigenvalue weighted by molar-refractivity contribution is 7.93. The number of rotatable bonds is 7. The Bertz CT molecular complexity index is 1190. The van der Waals surface area contributed by atoms with Crippen LogP contribution in [0.2, 0.25) is 5.02 Å². The van der Waals surface area contributed by atoms with Gasteiger partial charge in [-0.3, -0.25) is 9.52 Å². The zero-order valence-corrected chi connectivity index (χ0v) is 19.5. The third kappa shape index (κ3) is 5.42. The average molecular weight is 492 g/mol. The first-order valence-electron chi connectivity index (χ1n) is 9.97. The SMILES string of the molecule is O=C(Cc1ccsc1)Nc1ccc(N2CCOCC2)c(S(=O)(=O)Nc2ccccc2Cl)c1. The van der Waals surface area contributed by atoms with Crippen LogP contribution in [0.3, 0.4) is 0 Å². The standard InChI is InChI=1S/C22H22ClN3O4S2/c23-18-3-1-2-4-19(18)25-32(28,29)21-14-17(24-22(27)13-16-7-12-31-15-16)5-6-20(21)26-8-10-30-11-9-26/h1-7,12,14-15,25H,8-11,13H2,(H,24,27). The van der Waals surface area contributed by atoms with Crippen LogP contribution in [0.25, 0.3) is 0 Å². The highest BCUT2D eigenvalue weighted by Gasteiger charge is 2.25. The first kappa shape index (κ1) is 22.6. The summed E-state index contributed by atoms with van der Waals surface area (Å²) in [5.74, 6) is -0.218. The monoisotopic (exact) mass is 491 g/mol. The van der Waals surface area contributed by atoms with Crippen LogP contribution in [0.15, 0.2) is 64.2 Å². The molecule has 7 nitrogen and oxygen atoms in total. The van der Waals surface area contributed by atoms with Gasteiger partial charge in [-0.15, -0.1) is 0 Å². The van der Waals surface area contributed by atoms with E-state index in [0.717, 1.165) is 5.56 Å². The molecule has 32 heavy (non-hydrogen) atoms. The van der Waals surface area contributed by atoms with Gasteiger partial charge in [-0.1, -0.05) is 23.7 Å². The van der Waals surface area contributed by atoms with Crippen molar-refractivity contribution in [1.29, 1.82) is 0 Å². The van der Waals surface area contributed by atoms with Crippen molar-refractivity contribution in [2.75, 3.05) is 41.2 Å². The van der Waals surface area contributed by atoms with E-state index >= 15 is 0 Å². The Morgan fingerprint density at radius 1 is 1.12 bits per heavy atom. The predicted molar refractivity (Wildman–Crippen MR) is 128 cm³/mol. The molecule has 4 rings (SSSR count). The maximum absolute atomic E-state index is 13.4. The van der Waals surface area contributed by atoms with E-state index in [9.17, 15) is 13.2 Å². The van der Waals surface area contributed by atoms with Crippen molar-refractivity contribution in [3.8, 4) is 0 Å². The van der Waals surface area contributed by atoms with Gasteiger partial charge in [0.1, 0.15) is 4.90 Å². The van der Waals surface area contributed by atoms with Gasteiger partial charge in [0.05, 0.1) is 36.0 Å². The van der Waals surface area contributed by atoms with Gasteiger partial charge in [-0.05, 0) is 52.7 Å². The van der Waals surface area contributed by atoms with Gasteiger partial charge in [0, 0.05) is 18.8 Å². The minimum Gasteiger partial charge on any atom is -0.378 e. The number of halogens is 1.